The van der Waals surface area contributed by atoms with Gasteiger partial charge in [0.1, 0.15) is 0 Å². The first-order valence-corrected chi connectivity index (χ1v) is 20.4. The van der Waals surface area contributed by atoms with Crippen LogP contribution in [0.1, 0.15) is 11.1 Å². The second-order valence-corrected chi connectivity index (χ2v) is 15.5. The van der Waals surface area contributed by atoms with Gasteiger partial charge in [-0.25, -0.2) is 0 Å². The van der Waals surface area contributed by atoms with Gasteiger partial charge in [-0.3, -0.25) is 0 Å². The summed E-state index contributed by atoms with van der Waals surface area (Å²) >= 11 is 0. The van der Waals surface area contributed by atoms with E-state index >= 15 is 0 Å². The highest BCUT2D eigenvalue weighted by Crippen LogP contribution is 2.50. The Hall–Kier alpha value is -8.64. The molecular weight excluding hydrogens is 743 g/mol. The van der Waals surface area contributed by atoms with Gasteiger partial charge in [-0.05, 0) is 77.4 Å². The summed E-state index contributed by atoms with van der Waals surface area (Å²) in [5.74, 6) is 0. The van der Waals surface area contributed by atoms with Gasteiger partial charge in [-0.15, -0.1) is 0 Å². The first-order valence-electron chi connectivity index (χ1n) is 20.4. The van der Waals surface area contributed by atoms with Crippen LogP contribution in [-0.4, -0.2) is 13.7 Å². The zero-order valence-corrected chi connectivity index (χ0v) is 32.8. The molecular formula is C56H33N5. The minimum Gasteiger partial charge on any atom is -0.307 e. The van der Waals surface area contributed by atoms with Crippen LogP contribution in [0.2, 0.25) is 0 Å². The van der Waals surface area contributed by atoms with E-state index in [0.717, 1.165) is 105 Å². The van der Waals surface area contributed by atoms with Crippen molar-refractivity contribution >= 4 is 65.4 Å². The monoisotopic (exact) mass is 775 g/mol. The van der Waals surface area contributed by atoms with Gasteiger partial charge in [0.05, 0.1) is 73.4 Å². The molecule has 3 aromatic heterocycles. The molecule has 5 nitrogen and oxygen atoms in total. The van der Waals surface area contributed by atoms with E-state index < -0.39 is 0 Å². The van der Waals surface area contributed by atoms with E-state index in [1.165, 1.54) is 0 Å². The molecule has 12 rings (SSSR count). The van der Waals surface area contributed by atoms with E-state index in [-0.39, 0.29) is 0 Å². The predicted molar refractivity (Wildman–Crippen MR) is 250 cm³/mol. The maximum absolute atomic E-state index is 10.5. The molecule has 0 amide bonds. The zero-order chi connectivity index (χ0) is 40.6. The number of aromatic nitrogens is 3. The van der Waals surface area contributed by atoms with E-state index in [9.17, 15) is 10.5 Å². The van der Waals surface area contributed by atoms with Crippen molar-refractivity contribution in [3.8, 4) is 51.5 Å². The van der Waals surface area contributed by atoms with Crippen molar-refractivity contribution in [3.05, 3.63) is 211 Å². The van der Waals surface area contributed by atoms with Gasteiger partial charge in [-0.1, -0.05) is 140 Å². The lowest BCUT2D eigenvalue weighted by atomic mass is 9.89. The highest BCUT2D eigenvalue weighted by atomic mass is 15.1. The molecule has 9 aromatic carbocycles. The summed E-state index contributed by atoms with van der Waals surface area (Å²) in [6.07, 6.45) is 0. The third-order valence-corrected chi connectivity index (χ3v) is 12.2. The van der Waals surface area contributed by atoms with E-state index in [1.807, 2.05) is 18.2 Å². The lowest BCUT2D eigenvalue weighted by molar-refractivity contribution is 1.05. The number of hydrogen-bond acceptors (Lipinski definition) is 2. The highest BCUT2D eigenvalue weighted by molar-refractivity contribution is 6.15. The van der Waals surface area contributed by atoms with Gasteiger partial charge in [0.2, 0.25) is 0 Å². The molecule has 61 heavy (non-hydrogen) atoms. The summed E-state index contributed by atoms with van der Waals surface area (Å²) < 4.78 is 7.30. The van der Waals surface area contributed by atoms with Crippen molar-refractivity contribution < 1.29 is 0 Å². The molecule has 0 radical (unpaired) electrons. The molecule has 5 heteroatoms. The molecule has 0 aliphatic heterocycles. The van der Waals surface area contributed by atoms with Gasteiger partial charge in [0, 0.05) is 37.9 Å². The van der Waals surface area contributed by atoms with E-state index in [1.54, 1.807) is 6.07 Å². The fourth-order valence-electron chi connectivity index (χ4n) is 9.80. The highest BCUT2D eigenvalue weighted by Gasteiger charge is 2.30. The van der Waals surface area contributed by atoms with Crippen molar-refractivity contribution in [2.75, 3.05) is 0 Å². The molecule has 0 unspecified atom stereocenters. The SMILES string of the molecule is N#Cc1cc(C#N)cc(-c2c(-c3ccccc3)cc(-n3c4ccccc4c4ccccc43)c(-n3c4ccccc4c4ccccc43)c2-n2c3ccccc3c3ccccc32)c1. The molecule has 0 atom stereocenters. The minimum absolute atomic E-state index is 0.422. The summed E-state index contributed by atoms with van der Waals surface area (Å²) in [5, 5.41) is 27.9. The van der Waals surface area contributed by atoms with Crippen molar-refractivity contribution in [1.29, 1.82) is 10.5 Å². The number of nitrogens with zero attached hydrogens (tertiary/aromatic N) is 5. The second-order valence-electron chi connectivity index (χ2n) is 15.5. The van der Waals surface area contributed by atoms with Crippen molar-refractivity contribution in [3.63, 3.8) is 0 Å². The first-order chi connectivity index (χ1) is 30.2. The minimum atomic E-state index is 0.422. The zero-order valence-electron chi connectivity index (χ0n) is 32.8. The Labute approximate surface area is 351 Å². The van der Waals surface area contributed by atoms with E-state index in [4.69, 9.17) is 0 Å². The van der Waals surface area contributed by atoms with Crippen LogP contribution in [0.5, 0.6) is 0 Å². The summed E-state index contributed by atoms with van der Waals surface area (Å²) in [6, 6.07) is 75.1. The van der Waals surface area contributed by atoms with E-state index in [0.29, 0.717) is 11.1 Å². The Morgan fingerprint density at radius 1 is 0.311 bits per heavy atom. The standard InChI is InChI=1S/C56H33N5/c57-34-36-30-37(35-58)32-39(31-36)54-46(38-16-2-1-3-17-38)33-53(59-47-24-10-4-18-40(47)41-19-5-11-25-48(41)59)55(60-49-26-12-6-20-42(49)43-21-7-13-27-50(43)60)56(54)61-51-28-14-8-22-44(51)45-23-9-15-29-52(45)61/h1-33H. The van der Waals surface area contributed by atoms with Gasteiger partial charge in [-0.2, -0.15) is 10.5 Å². The normalized spacial score (nSPS) is 11.6. The Bertz CT molecular complexity index is 3650. The number of para-hydroxylation sites is 6. The molecule has 12 aromatic rings. The number of benzene rings is 9. The molecule has 0 spiro atoms. The van der Waals surface area contributed by atoms with Crippen molar-refractivity contribution in [2.24, 2.45) is 0 Å². The van der Waals surface area contributed by atoms with Crippen molar-refractivity contribution in [2.45, 2.75) is 0 Å². The smallest absolute Gasteiger partial charge is 0.0992 e. The topological polar surface area (TPSA) is 62.4 Å². The molecule has 3 heterocycles. The molecule has 0 aliphatic rings. The third-order valence-electron chi connectivity index (χ3n) is 12.2. The van der Waals surface area contributed by atoms with Crippen LogP contribution >= 0.6 is 0 Å². The van der Waals surface area contributed by atoms with Crippen LogP contribution in [-0.2, 0) is 0 Å². The second kappa shape index (κ2) is 13.5. The largest absolute Gasteiger partial charge is 0.307 e. The Morgan fingerprint density at radius 3 is 1.05 bits per heavy atom. The van der Waals surface area contributed by atoms with Crippen LogP contribution < -0.4 is 0 Å². The van der Waals surface area contributed by atoms with Gasteiger partial charge < -0.3 is 13.7 Å². The third kappa shape index (κ3) is 5.05. The van der Waals surface area contributed by atoms with Gasteiger partial charge >= 0.3 is 0 Å². The molecule has 0 fully saturated rings. The van der Waals surface area contributed by atoms with Crippen LogP contribution in [0.4, 0.5) is 0 Å². The molecule has 0 saturated heterocycles. The Balaban J connectivity index is 1.44. The molecule has 0 N–H and O–H groups in total. The predicted octanol–water partition coefficient (Wildman–Crippen LogP) is 14.1. The van der Waals surface area contributed by atoms with Gasteiger partial charge in [0.15, 0.2) is 0 Å². The average molecular weight is 776 g/mol. The number of hydrogen-bond donors (Lipinski definition) is 0. The fraction of sp³-hybridized carbons (Fsp3) is 0. The lowest BCUT2D eigenvalue weighted by Gasteiger charge is -2.27. The van der Waals surface area contributed by atoms with Crippen LogP contribution in [0, 0.1) is 22.7 Å². The summed E-state index contributed by atoms with van der Waals surface area (Å²) in [4.78, 5) is 0. The number of nitriles is 2. The van der Waals surface area contributed by atoms with Crippen LogP contribution in [0.25, 0.3) is 105 Å². The number of fused-ring (bicyclic) bond motifs is 9. The van der Waals surface area contributed by atoms with Crippen molar-refractivity contribution in [1.82, 2.24) is 13.7 Å². The summed E-state index contributed by atoms with van der Waals surface area (Å²) in [7, 11) is 0. The maximum atomic E-state index is 10.5. The fourth-order valence-corrected chi connectivity index (χ4v) is 9.80. The van der Waals surface area contributed by atoms with Gasteiger partial charge in [0.25, 0.3) is 0 Å². The molecule has 0 aliphatic carbocycles. The Morgan fingerprint density at radius 2 is 0.656 bits per heavy atom. The molecule has 0 bridgehead atoms. The lowest BCUT2D eigenvalue weighted by Crippen LogP contribution is -2.12. The summed E-state index contributed by atoms with van der Waals surface area (Å²) in [6.45, 7) is 0. The summed E-state index contributed by atoms with van der Waals surface area (Å²) in [5.41, 5.74) is 13.8. The van der Waals surface area contributed by atoms with Crippen LogP contribution in [0.3, 0.4) is 0 Å². The molecule has 0 saturated carbocycles. The number of rotatable bonds is 5. The average Bonchev–Trinajstić information content (AvgIpc) is 3.97. The quantitative estimate of drug-likeness (QED) is 0.175. The van der Waals surface area contributed by atoms with E-state index in [2.05, 4.69) is 202 Å². The first kappa shape index (κ1) is 34.4. The maximum Gasteiger partial charge on any atom is 0.0992 e. The Kier molecular flexibility index (Phi) is 7.59. The van der Waals surface area contributed by atoms with Crippen LogP contribution in [0.15, 0.2) is 200 Å². The molecule has 282 valence electrons.